The number of carbonyl (C=O) groups is 3. The Morgan fingerprint density at radius 2 is 1.65 bits per heavy atom. The van der Waals surface area contributed by atoms with Crippen molar-refractivity contribution in [3.05, 3.63) is 71.4 Å². The Labute approximate surface area is 200 Å². The molecule has 3 amide bonds. The lowest BCUT2D eigenvalue weighted by Crippen LogP contribution is -2.49. The van der Waals surface area contributed by atoms with E-state index in [1.165, 1.54) is 10.5 Å². The van der Waals surface area contributed by atoms with E-state index >= 15 is 0 Å². The number of hydrogen-bond donors (Lipinski definition) is 1. The molecule has 0 atom stereocenters. The molecule has 2 aromatic carbocycles. The molecule has 1 fully saturated rings. The lowest BCUT2D eigenvalue weighted by molar-refractivity contribution is -0.140. The van der Waals surface area contributed by atoms with E-state index in [0.29, 0.717) is 55.3 Å². The van der Waals surface area contributed by atoms with Crippen molar-refractivity contribution < 1.29 is 19.1 Å². The lowest BCUT2D eigenvalue weighted by atomic mass is 10.0. The van der Waals surface area contributed by atoms with Crippen molar-refractivity contribution in [1.29, 1.82) is 0 Å². The summed E-state index contributed by atoms with van der Waals surface area (Å²) in [6.07, 6.45) is 0.694. The van der Waals surface area contributed by atoms with Gasteiger partial charge in [-0.1, -0.05) is 56.3 Å². The normalized spacial score (nSPS) is 17.1. The van der Waals surface area contributed by atoms with Gasteiger partial charge in [-0.05, 0) is 48.9 Å². The maximum atomic E-state index is 13.6. The molecule has 0 bridgehead atoms. The Hall–Kier alpha value is -3.61. The number of imide groups is 1. The van der Waals surface area contributed by atoms with Gasteiger partial charge in [-0.3, -0.25) is 14.5 Å². The topological polar surface area (TPSA) is 79.0 Å². The zero-order valence-corrected chi connectivity index (χ0v) is 19.9. The highest BCUT2D eigenvalue weighted by Gasteiger charge is 2.44. The van der Waals surface area contributed by atoms with Gasteiger partial charge in [-0.15, -0.1) is 0 Å². The average molecular weight is 462 g/mol. The monoisotopic (exact) mass is 461 g/mol. The van der Waals surface area contributed by atoms with Crippen molar-refractivity contribution in [1.82, 2.24) is 9.80 Å². The summed E-state index contributed by atoms with van der Waals surface area (Å²) in [5, 5.41) is 3.23. The van der Waals surface area contributed by atoms with Crippen LogP contribution in [-0.4, -0.2) is 53.4 Å². The molecule has 2 aliphatic rings. The molecule has 4 rings (SSSR count). The zero-order valence-electron chi connectivity index (χ0n) is 19.9. The van der Waals surface area contributed by atoms with Crippen LogP contribution in [0.3, 0.4) is 0 Å². The molecule has 0 unspecified atom stereocenters. The Kier molecular flexibility index (Phi) is 7.01. The first-order valence-corrected chi connectivity index (χ1v) is 11.9. The van der Waals surface area contributed by atoms with Crippen molar-refractivity contribution in [2.75, 3.05) is 25.0 Å². The number of likely N-dealkylation sites (tertiary alicyclic amines) is 1. The van der Waals surface area contributed by atoms with Crippen LogP contribution in [0.15, 0.2) is 60.3 Å². The molecule has 1 N–H and O–H groups in total. The highest BCUT2D eigenvalue weighted by Crippen LogP contribution is 2.34. The van der Waals surface area contributed by atoms with Crippen LogP contribution in [0.5, 0.6) is 0 Å². The van der Waals surface area contributed by atoms with Gasteiger partial charge in [0, 0.05) is 24.8 Å². The number of anilines is 1. The van der Waals surface area contributed by atoms with Crippen LogP contribution >= 0.6 is 0 Å². The minimum absolute atomic E-state index is 0.271. The van der Waals surface area contributed by atoms with Crippen LogP contribution in [0, 0.1) is 0 Å². The molecule has 178 valence electrons. The third kappa shape index (κ3) is 4.69. The predicted octanol–water partition coefficient (Wildman–Crippen LogP) is 4.62. The Balaban J connectivity index is 1.59. The van der Waals surface area contributed by atoms with E-state index in [2.05, 4.69) is 19.2 Å². The SMILES string of the molecule is CCOC(=O)N1CCC(N2C(=O)C(Nc3ccc(C(C)C)cc3)=C(c3ccccc3)C2=O)CC1. The maximum Gasteiger partial charge on any atom is 0.409 e. The number of piperidine rings is 1. The Bertz CT molecular complexity index is 1080. The van der Waals surface area contributed by atoms with Gasteiger partial charge in [-0.25, -0.2) is 4.79 Å². The third-order valence-corrected chi connectivity index (χ3v) is 6.38. The van der Waals surface area contributed by atoms with Crippen molar-refractivity contribution >= 4 is 29.2 Å². The van der Waals surface area contributed by atoms with Gasteiger partial charge >= 0.3 is 6.09 Å². The van der Waals surface area contributed by atoms with E-state index in [1.807, 2.05) is 54.6 Å². The summed E-state index contributed by atoms with van der Waals surface area (Å²) in [5.41, 5.74) is 3.33. The molecule has 2 heterocycles. The van der Waals surface area contributed by atoms with E-state index in [9.17, 15) is 14.4 Å². The Morgan fingerprint density at radius 3 is 2.24 bits per heavy atom. The van der Waals surface area contributed by atoms with Crippen LogP contribution in [0.1, 0.15) is 50.7 Å². The number of nitrogens with one attached hydrogen (secondary N) is 1. The van der Waals surface area contributed by atoms with Crippen LogP contribution in [0.25, 0.3) is 5.57 Å². The molecular formula is C27H31N3O4. The van der Waals surface area contributed by atoms with E-state index in [-0.39, 0.29) is 23.9 Å². The molecule has 0 spiro atoms. The van der Waals surface area contributed by atoms with E-state index in [1.54, 1.807) is 11.8 Å². The number of rotatable bonds is 6. The molecule has 0 radical (unpaired) electrons. The van der Waals surface area contributed by atoms with Crippen molar-refractivity contribution in [2.24, 2.45) is 0 Å². The van der Waals surface area contributed by atoms with Gasteiger partial charge in [-0.2, -0.15) is 0 Å². The predicted molar refractivity (Wildman–Crippen MR) is 131 cm³/mol. The molecule has 1 saturated heterocycles. The summed E-state index contributed by atoms with van der Waals surface area (Å²) in [7, 11) is 0. The fourth-order valence-electron chi connectivity index (χ4n) is 4.48. The number of benzene rings is 2. The molecule has 7 nitrogen and oxygen atoms in total. The molecule has 2 aliphatic heterocycles. The molecule has 0 aromatic heterocycles. The molecule has 7 heteroatoms. The second-order valence-corrected chi connectivity index (χ2v) is 8.92. The number of amides is 3. The van der Waals surface area contributed by atoms with Gasteiger partial charge in [0.05, 0.1) is 12.2 Å². The highest BCUT2D eigenvalue weighted by atomic mass is 16.6. The van der Waals surface area contributed by atoms with Crippen LogP contribution in [0.4, 0.5) is 10.5 Å². The summed E-state index contributed by atoms with van der Waals surface area (Å²) in [5.74, 6) is -0.225. The second-order valence-electron chi connectivity index (χ2n) is 8.92. The largest absolute Gasteiger partial charge is 0.450 e. The first-order chi connectivity index (χ1) is 16.4. The van der Waals surface area contributed by atoms with Crippen molar-refractivity contribution in [3.63, 3.8) is 0 Å². The van der Waals surface area contributed by atoms with Crippen molar-refractivity contribution in [2.45, 2.75) is 45.6 Å². The van der Waals surface area contributed by atoms with E-state index in [4.69, 9.17) is 4.74 Å². The fourth-order valence-corrected chi connectivity index (χ4v) is 4.48. The quantitative estimate of drug-likeness (QED) is 0.635. The average Bonchev–Trinajstić information content (AvgIpc) is 3.09. The number of carbonyl (C=O) groups excluding carboxylic acids is 3. The highest BCUT2D eigenvalue weighted by molar-refractivity contribution is 6.36. The molecular weight excluding hydrogens is 430 g/mol. The summed E-state index contributed by atoms with van der Waals surface area (Å²) >= 11 is 0. The zero-order chi connectivity index (χ0) is 24.2. The summed E-state index contributed by atoms with van der Waals surface area (Å²) in [4.78, 5) is 42.2. The number of nitrogens with zero attached hydrogens (tertiary/aromatic N) is 2. The first-order valence-electron chi connectivity index (χ1n) is 11.9. The van der Waals surface area contributed by atoms with Crippen LogP contribution in [0.2, 0.25) is 0 Å². The van der Waals surface area contributed by atoms with Gasteiger partial charge in [0.2, 0.25) is 0 Å². The molecule has 0 saturated carbocycles. The number of hydrogen-bond acceptors (Lipinski definition) is 5. The van der Waals surface area contributed by atoms with E-state index in [0.717, 1.165) is 5.69 Å². The number of ether oxygens (including phenoxy) is 1. The maximum absolute atomic E-state index is 13.6. The van der Waals surface area contributed by atoms with Crippen molar-refractivity contribution in [3.8, 4) is 0 Å². The van der Waals surface area contributed by atoms with Gasteiger partial charge in [0.1, 0.15) is 5.70 Å². The smallest absolute Gasteiger partial charge is 0.409 e. The van der Waals surface area contributed by atoms with Crippen LogP contribution in [-0.2, 0) is 14.3 Å². The first kappa shape index (κ1) is 23.5. The molecule has 2 aromatic rings. The van der Waals surface area contributed by atoms with E-state index < -0.39 is 0 Å². The molecule has 0 aliphatic carbocycles. The lowest BCUT2D eigenvalue weighted by Gasteiger charge is -2.35. The molecule has 34 heavy (non-hydrogen) atoms. The van der Waals surface area contributed by atoms with Gasteiger partial charge in [0.25, 0.3) is 11.8 Å². The fraction of sp³-hybridized carbons (Fsp3) is 0.370. The second kappa shape index (κ2) is 10.1. The summed E-state index contributed by atoms with van der Waals surface area (Å²) in [6.45, 7) is 7.24. The summed E-state index contributed by atoms with van der Waals surface area (Å²) < 4.78 is 5.09. The summed E-state index contributed by atoms with van der Waals surface area (Å²) in [6, 6.07) is 16.9. The standard InChI is InChI=1S/C27H31N3O4/c1-4-34-27(33)29-16-14-22(15-17-29)30-25(31)23(20-8-6-5-7-9-20)24(26(30)32)28-21-12-10-19(11-13-21)18(2)3/h5-13,18,22,28H,4,14-17H2,1-3H3. The van der Waals surface area contributed by atoms with Gasteiger partial charge in [0.15, 0.2) is 0 Å². The third-order valence-electron chi connectivity index (χ3n) is 6.38. The Morgan fingerprint density at radius 1 is 1.00 bits per heavy atom. The van der Waals surface area contributed by atoms with Gasteiger partial charge < -0.3 is 15.0 Å². The minimum atomic E-state index is -0.352. The van der Waals surface area contributed by atoms with Crippen LogP contribution < -0.4 is 5.32 Å². The minimum Gasteiger partial charge on any atom is -0.450 e.